The van der Waals surface area contributed by atoms with Crippen LogP contribution < -0.4 is 9.80 Å². The van der Waals surface area contributed by atoms with E-state index in [0.29, 0.717) is 0 Å². The molecule has 0 atom stereocenters. The largest absolute Gasteiger partial charge is 0.309 e. The molecule has 282 valence electrons. The van der Waals surface area contributed by atoms with Gasteiger partial charge in [0.15, 0.2) is 0 Å². The summed E-state index contributed by atoms with van der Waals surface area (Å²) in [5.74, 6) is 0. The van der Waals surface area contributed by atoms with Gasteiger partial charge in [-0.1, -0.05) is 175 Å². The van der Waals surface area contributed by atoms with Crippen LogP contribution in [0.1, 0.15) is 52.7 Å². The Kier molecular flexibility index (Phi) is 8.32. The van der Waals surface area contributed by atoms with E-state index in [1.165, 1.54) is 87.7 Å². The van der Waals surface area contributed by atoms with Crippen LogP contribution in [0.4, 0.5) is 34.1 Å². The average Bonchev–Trinajstić information content (AvgIpc) is 3.23. The molecule has 0 N–H and O–H groups in total. The highest BCUT2D eigenvalue weighted by atomic mass is 15.2. The van der Waals surface area contributed by atoms with Crippen molar-refractivity contribution >= 4 is 88.0 Å². The molecule has 10 rings (SSSR count). The molecule has 0 heterocycles. The van der Waals surface area contributed by atoms with Crippen molar-refractivity contribution in [1.82, 2.24) is 0 Å². The Morgan fingerprint density at radius 1 is 0.293 bits per heavy atom. The molecule has 0 amide bonds. The molecule has 0 unspecified atom stereocenters. The number of fused-ring (bicyclic) bond motifs is 2. The topological polar surface area (TPSA) is 6.48 Å². The zero-order chi connectivity index (χ0) is 39.8. The molecular weight excluding hydrogens is 701 g/mol. The number of anilines is 6. The second-order valence-corrected chi connectivity index (χ2v) is 17.9. The summed E-state index contributed by atoms with van der Waals surface area (Å²) in [6.07, 6.45) is 0. The maximum absolute atomic E-state index is 2.49. The minimum atomic E-state index is 0.00183. The van der Waals surface area contributed by atoms with E-state index < -0.39 is 0 Å². The van der Waals surface area contributed by atoms with Gasteiger partial charge in [-0.25, -0.2) is 0 Å². The van der Waals surface area contributed by atoms with Crippen LogP contribution in [0.3, 0.4) is 0 Å². The quantitative estimate of drug-likeness (QED) is 0.156. The zero-order valence-corrected chi connectivity index (χ0v) is 34.2. The first kappa shape index (κ1) is 35.8. The van der Waals surface area contributed by atoms with Crippen LogP contribution in [0.15, 0.2) is 182 Å². The lowest BCUT2D eigenvalue weighted by molar-refractivity contribution is 0.590. The highest BCUT2D eigenvalue weighted by molar-refractivity contribution is 6.28. The van der Waals surface area contributed by atoms with E-state index in [0.717, 1.165) is 11.4 Å². The SMILES string of the molecule is CC(C)(C)c1cccc(N(c2cccc3ccccc23)c2ccc3ccc4c(N(c5cccc(C(C)(C)C)c5)c5cccc6ccccc56)ccc5ccc2c3c54)c1. The summed E-state index contributed by atoms with van der Waals surface area (Å²) in [6, 6.07) is 67.8. The van der Waals surface area contributed by atoms with Crippen LogP contribution in [-0.4, -0.2) is 0 Å². The molecule has 10 aromatic carbocycles. The van der Waals surface area contributed by atoms with Crippen molar-refractivity contribution in [3.05, 3.63) is 193 Å². The van der Waals surface area contributed by atoms with Gasteiger partial charge in [-0.3, -0.25) is 0 Å². The Labute approximate surface area is 341 Å². The molecule has 0 radical (unpaired) electrons. The maximum atomic E-state index is 2.49. The summed E-state index contributed by atoms with van der Waals surface area (Å²) >= 11 is 0. The smallest absolute Gasteiger partial charge is 0.0540 e. The molecule has 58 heavy (non-hydrogen) atoms. The lowest BCUT2D eigenvalue weighted by atomic mass is 9.86. The van der Waals surface area contributed by atoms with Crippen LogP contribution >= 0.6 is 0 Å². The monoisotopic (exact) mass is 748 g/mol. The van der Waals surface area contributed by atoms with Crippen LogP contribution in [0, 0.1) is 0 Å². The minimum absolute atomic E-state index is 0.00183. The first-order valence-electron chi connectivity index (χ1n) is 20.5. The number of benzene rings is 10. The second-order valence-electron chi connectivity index (χ2n) is 17.9. The fraction of sp³-hybridized carbons (Fsp3) is 0.143. The predicted molar refractivity (Wildman–Crippen MR) is 252 cm³/mol. The fourth-order valence-electron chi connectivity index (χ4n) is 9.01. The summed E-state index contributed by atoms with van der Waals surface area (Å²) in [5.41, 5.74) is 9.59. The van der Waals surface area contributed by atoms with Gasteiger partial charge in [0.05, 0.1) is 22.7 Å². The van der Waals surface area contributed by atoms with E-state index in [-0.39, 0.29) is 10.8 Å². The Balaban J connectivity index is 1.27. The standard InChI is InChI=1S/C56H48N2/c1-55(2,3)41-19-13-21-43(35-41)57(49-25-11-17-37-15-7-9-23-45(37)49)51-33-29-39-28-32-48-52(34-30-40-27-31-47(51)53(39)54(40)48)58(44-22-14-20-42(36-44)56(4,5)6)50-26-12-18-38-16-8-10-24-46(38)50/h7-36H,1-6H3. The van der Waals surface area contributed by atoms with E-state index in [2.05, 4.69) is 233 Å². The van der Waals surface area contributed by atoms with Crippen molar-refractivity contribution < 1.29 is 0 Å². The van der Waals surface area contributed by atoms with Crippen LogP contribution in [0.5, 0.6) is 0 Å². The van der Waals surface area contributed by atoms with Gasteiger partial charge in [0.25, 0.3) is 0 Å². The number of rotatable bonds is 6. The Bertz CT molecular complexity index is 2930. The Morgan fingerprint density at radius 2 is 0.655 bits per heavy atom. The summed E-state index contributed by atoms with van der Waals surface area (Å²) in [6.45, 7) is 13.8. The molecule has 0 saturated heterocycles. The molecule has 0 aliphatic rings. The van der Waals surface area contributed by atoms with Gasteiger partial charge in [-0.15, -0.1) is 0 Å². The molecule has 0 fully saturated rings. The lowest BCUT2D eigenvalue weighted by Crippen LogP contribution is -2.15. The predicted octanol–water partition coefficient (Wildman–Crippen LogP) is 16.4. The molecule has 10 aromatic rings. The van der Waals surface area contributed by atoms with Gasteiger partial charge in [0.2, 0.25) is 0 Å². The summed E-state index contributed by atoms with van der Waals surface area (Å²) in [5, 5.41) is 12.4. The van der Waals surface area contributed by atoms with Gasteiger partial charge >= 0.3 is 0 Å². The molecule has 2 nitrogen and oxygen atoms in total. The van der Waals surface area contributed by atoms with E-state index in [1.54, 1.807) is 0 Å². The summed E-state index contributed by atoms with van der Waals surface area (Å²) < 4.78 is 0. The highest BCUT2D eigenvalue weighted by Crippen LogP contribution is 2.49. The zero-order valence-electron chi connectivity index (χ0n) is 34.2. The second kappa shape index (κ2) is 13.5. The van der Waals surface area contributed by atoms with Crippen LogP contribution in [0.2, 0.25) is 0 Å². The molecule has 0 aliphatic carbocycles. The number of nitrogens with zero attached hydrogens (tertiary/aromatic N) is 2. The Morgan fingerprint density at radius 3 is 1.09 bits per heavy atom. The number of hydrogen-bond acceptors (Lipinski definition) is 2. The molecule has 0 bridgehead atoms. The van der Waals surface area contributed by atoms with E-state index in [1.807, 2.05) is 0 Å². The van der Waals surface area contributed by atoms with E-state index >= 15 is 0 Å². The molecule has 2 heteroatoms. The van der Waals surface area contributed by atoms with Crippen molar-refractivity contribution in [2.45, 2.75) is 52.4 Å². The van der Waals surface area contributed by atoms with Crippen LogP contribution in [0.25, 0.3) is 53.9 Å². The molecule has 0 saturated carbocycles. The average molecular weight is 749 g/mol. The minimum Gasteiger partial charge on any atom is -0.309 e. The lowest BCUT2D eigenvalue weighted by Gasteiger charge is -2.31. The highest BCUT2D eigenvalue weighted by Gasteiger charge is 2.25. The first-order valence-corrected chi connectivity index (χ1v) is 20.5. The van der Waals surface area contributed by atoms with Gasteiger partial charge in [-0.2, -0.15) is 0 Å². The normalized spacial score (nSPS) is 12.3. The number of hydrogen-bond donors (Lipinski definition) is 0. The first-order chi connectivity index (χ1) is 28.0. The van der Waals surface area contributed by atoms with Crippen LogP contribution in [-0.2, 0) is 10.8 Å². The third-order valence-electron chi connectivity index (χ3n) is 12.1. The molecule has 0 aliphatic heterocycles. The van der Waals surface area contributed by atoms with Crippen molar-refractivity contribution in [3.8, 4) is 0 Å². The van der Waals surface area contributed by atoms with Crippen molar-refractivity contribution in [3.63, 3.8) is 0 Å². The third kappa shape index (κ3) is 5.94. The van der Waals surface area contributed by atoms with Crippen molar-refractivity contribution in [2.24, 2.45) is 0 Å². The molecule has 0 aromatic heterocycles. The van der Waals surface area contributed by atoms with Gasteiger partial charge in [0, 0.05) is 32.9 Å². The summed E-state index contributed by atoms with van der Waals surface area (Å²) in [4.78, 5) is 4.98. The molecular formula is C56H48N2. The van der Waals surface area contributed by atoms with Gasteiger partial charge in [-0.05, 0) is 103 Å². The maximum Gasteiger partial charge on any atom is 0.0540 e. The van der Waals surface area contributed by atoms with Gasteiger partial charge < -0.3 is 9.80 Å². The summed E-state index contributed by atoms with van der Waals surface area (Å²) in [7, 11) is 0. The van der Waals surface area contributed by atoms with Crippen molar-refractivity contribution in [1.29, 1.82) is 0 Å². The van der Waals surface area contributed by atoms with Gasteiger partial charge in [0.1, 0.15) is 0 Å². The third-order valence-corrected chi connectivity index (χ3v) is 12.1. The molecule has 0 spiro atoms. The van der Waals surface area contributed by atoms with E-state index in [4.69, 9.17) is 0 Å². The Hall–Kier alpha value is -6.64. The van der Waals surface area contributed by atoms with Crippen molar-refractivity contribution in [2.75, 3.05) is 9.80 Å². The van der Waals surface area contributed by atoms with E-state index in [9.17, 15) is 0 Å². The fourth-order valence-corrected chi connectivity index (χ4v) is 9.01.